The van der Waals surface area contributed by atoms with Crippen LogP contribution >= 0.6 is 11.3 Å². The van der Waals surface area contributed by atoms with E-state index in [1.165, 1.54) is 11.3 Å². The number of nitrogens with two attached hydrogens (primary N) is 1. The maximum atomic E-state index is 11.8. The molecule has 0 aromatic carbocycles. The third kappa shape index (κ3) is 2.72. The lowest BCUT2D eigenvalue weighted by Gasteiger charge is -2.17. The molecule has 1 heterocycles. The molecule has 5 heteroatoms. The minimum Gasteiger partial charge on any atom is -0.492 e. The van der Waals surface area contributed by atoms with E-state index in [2.05, 4.69) is 11.8 Å². The molecule has 96 valence electrons. The van der Waals surface area contributed by atoms with Crippen LogP contribution in [-0.2, 0) is 0 Å². The molecule has 0 amide bonds. The van der Waals surface area contributed by atoms with E-state index in [-0.39, 0.29) is 5.78 Å². The van der Waals surface area contributed by atoms with Gasteiger partial charge in [0, 0.05) is 20.0 Å². The Balaban J connectivity index is 3.17. The van der Waals surface area contributed by atoms with Gasteiger partial charge in [0.05, 0.1) is 17.7 Å². The fraction of sp³-hybridized carbons (Fsp3) is 0.583. The highest BCUT2D eigenvalue weighted by Gasteiger charge is 2.22. The number of nitrogens with zero attached hydrogens (tertiary/aromatic N) is 1. The topological polar surface area (TPSA) is 55.6 Å². The molecular formula is C12H20N2O2S. The lowest BCUT2D eigenvalue weighted by Crippen LogP contribution is -2.17. The van der Waals surface area contributed by atoms with E-state index < -0.39 is 0 Å². The molecule has 0 bridgehead atoms. The van der Waals surface area contributed by atoms with Gasteiger partial charge in [0.2, 0.25) is 0 Å². The second-order valence-corrected chi connectivity index (χ2v) is 4.88. The van der Waals surface area contributed by atoms with Crippen LogP contribution in [0.4, 0.5) is 10.7 Å². The zero-order valence-electron chi connectivity index (χ0n) is 10.9. The Morgan fingerprint density at radius 1 is 1.47 bits per heavy atom. The van der Waals surface area contributed by atoms with Gasteiger partial charge >= 0.3 is 0 Å². The van der Waals surface area contributed by atoms with Crippen LogP contribution in [0.1, 0.15) is 36.4 Å². The van der Waals surface area contributed by atoms with E-state index in [0.29, 0.717) is 22.7 Å². The van der Waals surface area contributed by atoms with Gasteiger partial charge in [0.1, 0.15) is 5.00 Å². The van der Waals surface area contributed by atoms with Gasteiger partial charge in [-0.2, -0.15) is 0 Å². The molecule has 1 rings (SSSR count). The predicted octanol–water partition coefficient (Wildman–Crippen LogP) is 2.78. The quantitative estimate of drug-likeness (QED) is 0.795. The molecule has 4 nitrogen and oxygen atoms in total. The Morgan fingerprint density at radius 2 is 2.12 bits per heavy atom. The van der Waals surface area contributed by atoms with Crippen LogP contribution in [0.2, 0.25) is 0 Å². The van der Waals surface area contributed by atoms with Crippen LogP contribution in [0.15, 0.2) is 0 Å². The fourth-order valence-corrected chi connectivity index (χ4v) is 2.86. The van der Waals surface area contributed by atoms with Crippen molar-refractivity contribution in [3.05, 3.63) is 4.88 Å². The summed E-state index contributed by atoms with van der Waals surface area (Å²) in [7, 11) is 3.57. The van der Waals surface area contributed by atoms with Crippen LogP contribution in [-0.4, -0.2) is 26.5 Å². The number of hydrogen-bond donors (Lipinski definition) is 1. The number of hydrogen-bond acceptors (Lipinski definition) is 5. The zero-order chi connectivity index (χ0) is 13.0. The van der Waals surface area contributed by atoms with Gasteiger partial charge in [-0.3, -0.25) is 4.79 Å². The van der Waals surface area contributed by atoms with Gasteiger partial charge in [0.15, 0.2) is 11.5 Å². The third-order valence-corrected chi connectivity index (χ3v) is 3.91. The molecule has 0 fully saturated rings. The predicted molar refractivity (Wildman–Crippen MR) is 73.5 cm³/mol. The monoisotopic (exact) mass is 256 g/mol. The Labute approximate surface area is 106 Å². The van der Waals surface area contributed by atoms with Crippen LogP contribution in [0, 0.1) is 0 Å². The van der Waals surface area contributed by atoms with Crippen molar-refractivity contribution in [1.29, 1.82) is 0 Å². The van der Waals surface area contributed by atoms with E-state index in [9.17, 15) is 4.79 Å². The minimum absolute atomic E-state index is 0.0712. The van der Waals surface area contributed by atoms with Crippen molar-refractivity contribution in [3.63, 3.8) is 0 Å². The standard InChI is InChI=1S/C12H20N2O2S/c1-5-7-14(3)12-10(16-4)9(13)11(17-12)8(15)6-2/h5-7,13H2,1-4H3. The first kappa shape index (κ1) is 13.8. The first-order valence-electron chi connectivity index (χ1n) is 5.77. The van der Waals surface area contributed by atoms with Gasteiger partial charge in [-0.1, -0.05) is 13.8 Å². The van der Waals surface area contributed by atoms with Gasteiger partial charge < -0.3 is 15.4 Å². The Bertz CT molecular complexity index is 401. The molecule has 0 unspecified atom stereocenters. The summed E-state index contributed by atoms with van der Waals surface area (Å²) < 4.78 is 5.31. The number of nitrogen functional groups attached to an aromatic ring is 1. The normalized spacial score (nSPS) is 10.4. The average molecular weight is 256 g/mol. The molecule has 1 aromatic heterocycles. The maximum Gasteiger partial charge on any atom is 0.177 e. The maximum absolute atomic E-state index is 11.8. The summed E-state index contributed by atoms with van der Waals surface area (Å²) in [4.78, 5) is 14.4. The van der Waals surface area contributed by atoms with Crippen molar-refractivity contribution < 1.29 is 9.53 Å². The summed E-state index contributed by atoms with van der Waals surface area (Å²) in [5, 5.41) is 0.934. The molecule has 0 saturated carbocycles. The number of carbonyl (C=O) groups is 1. The zero-order valence-corrected chi connectivity index (χ0v) is 11.7. The van der Waals surface area contributed by atoms with Crippen molar-refractivity contribution in [2.75, 3.05) is 31.3 Å². The molecule has 0 aliphatic carbocycles. The van der Waals surface area contributed by atoms with Crippen LogP contribution in [0.25, 0.3) is 0 Å². The molecule has 0 radical (unpaired) electrons. The van der Waals surface area contributed by atoms with E-state index in [1.807, 2.05) is 14.0 Å². The van der Waals surface area contributed by atoms with Crippen molar-refractivity contribution >= 4 is 27.8 Å². The van der Waals surface area contributed by atoms with Crippen molar-refractivity contribution in [1.82, 2.24) is 0 Å². The van der Waals surface area contributed by atoms with Gasteiger partial charge in [-0.25, -0.2) is 0 Å². The number of thiophene rings is 1. The lowest BCUT2D eigenvalue weighted by molar-refractivity contribution is 0.0992. The highest BCUT2D eigenvalue weighted by atomic mass is 32.1. The van der Waals surface area contributed by atoms with E-state index in [1.54, 1.807) is 7.11 Å². The van der Waals surface area contributed by atoms with Crippen molar-refractivity contribution in [3.8, 4) is 5.75 Å². The van der Waals surface area contributed by atoms with Crippen molar-refractivity contribution in [2.45, 2.75) is 26.7 Å². The molecule has 1 aromatic rings. The summed E-state index contributed by atoms with van der Waals surface area (Å²) in [6.45, 7) is 4.86. The Morgan fingerprint density at radius 3 is 2.59 bits per heavy atom. The molecule has 2 N–H and O–H groups in total. The molecule has 0 aliphatic heterocycles. The molecule has 17 heavy (non-hydrogen) atoms. The second kappa shape index (κ2) is 5.91. The first-order chi connectivity index (χ1) is 8.06. The molecule has 0 atom stereocenters. The Kier molecular flexibility index (Phi) is 4.81. The SMILES string of the molecule is CCCN(C)c1sc(C(=O)CC)c(N)c1OC. The van der Waals surface area contributed by atoms with Crippen LogP contribution in [0.3, 0.4) is 0 Å². The highest BCUT2D eigenvalue weighted by Crippen LogP contribution is 2.44. The first-order valence-corrected chi connectivity index (χ1v) is 6.58. The van der Waals surface area contributed by atoms with E-state index >= 15 is 0 Å². The van der Waals surface area contributed by atoms with Crippen LogP contribution in [0.5, 0.6) is 5.75 Å². The second-order valence-electron chi connectivity index (χ2n) is 3.88. The number of ketones is 1. The third-order valence-electron chi connectivity index (χ3n) is 2.57. The van der Waals surface area contributed by atoms with Gasteiger partial charge in [0.25, 0.3) is 0 Å². The number of rotatable bonds is 6. The van der Waals surface area contributed by atoms with Gasteiger partial charge in [-0.05, 0) is 6.42 Å². The number of Topliss-reactive ketones (excluding diaryl/α,β-unsaturated/α-hetero) is 1. The number of anilines is 2. The summed E-state index contributed by atoms with van der Waals surface area (Å²) in [6.07, 6.45) is 1.50. The van der Waals surface area contributed by atoms with Crippen molar-refractivity contribution in [2.24, 2.45) is 0 Å². The summed E-state index contributed by atoms with van der Waals surface area (Å²) in [5.74, 6) is 0.699. The summed E-state index contributed by atoms with van der Waals surface area (Å²) in [6, 6.07) is 0. The fourth-order valence-electron chi connectivity index (χ4n) is 1.67. The average Bonchev–Trinajstić information content (AvgIpc) is 2.65. The summed E-state index contributed by atoms with van der Waals surface area (Å²) >= 11 is 1.42. The number of carbonyl (C=O) groups excluding carboxylic acids is 1. The van der Waals surface area contributed by atoms with E-state index in [4.69, 9.17) is 10.5 Å². The Hall–Kier alpha value is -1.23. The minimum atomic E-state index is 0.0712. The lowest BCUT2D eigenvalue weighted by atomic mass is 10.2. The smallest absolute Gasteiger partial charge is 0.177 e. The van der Waals surface area contributed by atoms with Crippen LogP contribution < -0.4 is 15.4 Å². The summed E-state index contributed by atoms with van der Waals surface area (Å²) in [5.41, 5.74) is 6.44. The molecule has 0 saturated heterocycles. The number of ether oxygens (including phenoxy) is 1. The molecule has 0 aliphatic rings. The van der Waals surface area contributed by atoms with Gasteiger partial charge in [-0.15, -0.1) is 11.3 Å². The van der Waals surface area contributed by atoms with E-state index in [0.717, 1.165) is 18.0 Å². The molecular weight excluding hydrogens is 236 g/mol. The number of methoxy groups -OCH3 is 1. The molecule has 0 spiro atoms. The highest BCUT2D eigenvalue weighted by molar-refractivity contribution is 7.19. The largest absolute Gasteiger partial charge is 0.492 e.